The Labute approximate surface area is 97.5 Å². The van der Waals surface area contributed by atoms with Crippen LogP contribution in [0, 0.1) is 10.1 Å². The number of nitrogens with one attached hydrogen (secondary N) is 1. The van der Waals surface area contributed by atoms with Crippen LogP contribution in [0.3, 0.4) is 0 Å². The summed E-state index contributed by atoms with van der Waals surface area (Å²) in [7, 11) is 1.25. The molecule has 1 aromatic carbocycles. The number of fused-ring (bicyclic) bond motifs is 1. The van der Waals surface area contributed by atoms with Crippen LogP contribution in [-0.4, -0.2) is 12.0 Å². The summed E-state index contributed by atoms with van der Waals surface area (Å²) in [5.74, 6) is 0. The number of hydrogen-bond acceptors (Lipinski definition) is 4. The predicted molar refractivity (Wildman–Crippen MR) is 51.5 cm³/mol. The molecule has 1 aliphatic rings. The molecule has 0 atom stereocenters. The van der Waals surface area contributed by atoms with Gasteiger partial charge in [0.15, 0.2) is 0 Å². The highest BCUT2D eigenvalue weighted by Gasteiger charge is 2.58. The van der Waals surface area contributed by atoms with Crippen molar-refractivity contribution in [2.75, 3.05) is 12.4 Å². The molecule has 1 heterocycles. The Morgan fingerprint density at radius 1 is 1.22 bits per heavy atom. The van der Waals surface area contributed by atoms with Crippen molar-refractivity contribution in [2.45, 2.75) is 12.2 Å². The van der Waals surface area contributed by atoms with Crippen molar-refractivity contribution in [3.05, 3.63) is 33.4 Å². The number of nitro benzene ring substituents is 1. The lowest BCUT2D eigenvalue weighted by Gasteiger charge is -2.10. The summed E-state index contributed by atoms with van der Waals surface area (Å²) in [4.78, 5) is 9.70. The molecule has 18 heavy (non-hydrogen) atoms. The molecule has 9 heteroatoms. The van der Waals surface area contributed by atoms with E-state index >= 15 is 0 Å². The van der Waals surface area contributed by atoms with Crippen molar-refractivity contribution >= 4 is 11.4 Å². The summed E-state index contributed by atoms with van der Waals surface area (Å²) in [6, 6.07) is 0.983. The first-order chi connectivity index (χ1) is 8.19. The summed E-state index contributed by atoms with van der Waals surface area (Å²) in [5.41, 5.74) is -3.29. The molecule has 2 rings (SSSR count). The van der Waals surface area contributed by atoms with Gasteiger partial charge in [0.05, 0.1) is 16.1 Å². The normalized spacial score (nSPS) is 19.4. The fourth-order valence-electron chi connectivity index (χ4n) is 1.69. The van der Waals surface area contributed by atoms with E-state index in [1.807, 2.05) is 0 Å². The maximum Gasteiger partial charge on any atom is 0.388 e. The first-order valence-corrected chi connectivity index (χ1v) is 4.66. The fourth-order valence-corrected chi connectivity index (χ4v) is 1.69. The molecule has 98 valence electrons. The third-order valence-corrected chi connectivity index (χ3v) is 2.49. The molecule has 0 saturated heterocycles. The van der Waals surface area contributed by atoms with Crippen LogP contribution in [0.2, 0.25) is 0 Å². The molecule has 1 aliphatic heterocycles. The zero-order valence-electron chi connectivity index (χ0n) is 8.84. The molecule has 0 unspecified atom stereocenters. The van der Waals surface area contributed by atoms with E-state index in [0.717, 1.165) is 0 Å². The largest absolute Gasteiger partial charge is 0.388 e. The van der Waals surface area contributed by atoms with Crippen LogP contribution < -0.4 is 5.32 Å². The molecular formula is C9H6F4N2O3. The standard InChI is InChI=1S/C9H6F4N2O3/c1-14-6-2-4-5(3-7(6)15(16)17)9(12,13)18-8(4,10)11/h2-3,14H,1H3. The van der Waals surface area contributed by atoms with Gasteiger partial charge < -0.3 is 5.32 Å². The Morgan fingerprint density at radius 2 is 1.72 bits per heavy atom. The molecule has 0 saturated carbocycles. The summed E-state index contributed by atoms with van der Waals surface area (Å²) in [6.45, 7) is 0. The lowest BCUT2D eigenvalue weighted by molar-refractivity contribution is -0.384. The number of nitro groups is 1. The maximum atomic E-state index is 13.2. The van der Waals surface area contributed by atoms with Gasteiger partial charge >= 0.3 is 12.2 Å². The van der Waals surface area contributed by atoms with Crippen molar-refractivity contribution < 1.29 is 27.2 Å². The monoisotopic (exact) mass is 266 g/mol. The number of nitrogens with zero attached hydrogens (tertiary/aromatic N) is 1. The quantitative estimate of drug-likeness (QED) is 0.508. The van der Waals surface area contributed by atoms with Crippen LogP contribution in [0.4, 0.5) is 28.9 Å². The van der Waals surface area contributed by atoms with Crippen molar-refractivity contribution in [3.8, 4) is 0 Å². The molecule has 0 fully saturated rings. The van der Waals surface area contributed by atoms with E-state index in [2.05, 4.69) is 10.1 Å². The van der Waals surface area contributed by atoms with Gasteiger partial charge in [-0.1, -0.05) is 0 Å². The van der Waals surface area contributed by atoms with Gasteiger partial charge in [0.25, 0.3) is 5.69 Å². The van der Waals surface area contributed by atoms with Crippen molar-refractivity contribution in [2.24, 2.45) is 0 Å². The lowest BCUT2D eigenvalue weighted by atomic mass is 10.1. The number of alkyl halides is 4. The van der Waals surface area contributed by atoms with Crippen LogP contribution in [0.15, 0.2) is 12.1 Å². The van der Waals surface area contributed by atoms with E-state index in [0.29, 0.717) is 12.1 Å². The van der Waals surface area contributed by atoms with Gasteiger partial charge in [0.2, 0.25) is 0 Å². The first kappa shape index (κ1) is 12.6. The fraction of sp³-hybridized carbons (Fsp3) is 0.333. The van der Waals surface area contributed by atoms with Gasteiger partial charge in [-0.3, -0.25) is 10.1 Å². The van der Waals surface area contributed by atoms with Crippen molar-refractivity contribution in [1.82, 2.24) is 0 Å². The highest BCUT2D eigenvalue weighted by Crippen LogP contribution is 2.52. The van der Waals surface area contributed by atoms with E-state index in [1.54, 1.807) is 0 Å². The Balaban J connectivity index is 2.72. The van der Waals surface area contributed by atoms with E-state index in [4.69, 9.17) is 0 Å². The molecule has 1 N–H and O–H groups in total. The lowest BCUT2D eigenvalue weighted by Crippen LogP contribution is -2.17. The number of rotatable bonds is 2. The molecule has 0 aliphatic carbocycles. The molecule has 0 amide bonds. The average molecular weight is 266 g/mol. The third-order valence-electron chi connectivity index (χ3n) is 2.49. The van der Waals surface area contributed by atoms with Crippen molar-refractivity contribution in [3.63, 3.8) is 0 Å². The second kappa shape index (κ2) is 3.55. The molecule has 0 radical (unpaired) electrons. The zero-order chi connectivity index (χ0) is 13.7. The van der Waals surface area contributed by atoms with Crippen molar-refractivity contribution in [1.29, 1.82) is 0 Å². The van der Waals surface area contributed by atoms with Crippen LogP contribution in [0.5, 0.6) is 0 Å². The Hall–Kier alpha value is -1.90. The molecule has 0 bridgehead atoms. The summed E-state index contributed by atoms with van der Waals surface area (Å²) in [6.07, 6.45) is -8.44. The number of ether oxygens (including phenoxy) is 1. The molecule has 1 aromatic rings. The van der Waals surface area contributed by atoms with Gasteiger partial charge in [-0.25, -0.2) is 4.74 Å². The first-order valence-electron chi connectivity index (χ1n) is 4.66. The smallest absolute Gasteiger partial charge is 0.383 e. The number of hydrogen-bond donors (Lipinski definition) is 1. The molecule has 0 spiro atoms. The van der Waals surface area contributed by atoms with Gasteiger partial charge in [0, 0.05) is 13.1 Å². The second-order valence-electron chi connectivity index (χ2n) is 3.56. The third kappa shape index (κ3) is 1.67. The topological polar surface area (TPSA) is 64.4 Å². The van der Waals surface area contributed by atoms with Gasteiger partial charge in [-0.15, -0.1) is 0 Å². The minimum atomic E-state index is -4.25. The minimum absolute atomic E-state index is 0.292. The maximum absolute atomic E-state index is 13.2. The van der Waals surface area contributed by atoms with E-state index in [-0.39, 0.29) is 5.69 Å². The van der Waals surface area contributed by atoms with Gasteiger partial charge in [-0.2, -0.15) is 17.6 Å². The summed E-state index contributed by atoms with van der Waals surface area (Å²) >= 11 is 0. The Bertz CT molecular complexity index is 533. The molecule has 5 nitrogen and oxygen atoms in total. The SMILES string of the molecule is CNc1cc2c(cc1[N+](=O)[O-])C(F)(F)OC2(F)F. The zero-order valence-corrected chi connectivity index (χ0v) is 8.84. The van der Waals surface area contributed by atoms with Crippen LogP contribution in [0.1, 0.15) is 11.1 Å². The Morgan fingerprint density at radius 3 is 2.17 bits per heavy atom. The van der Waals surface area contributed by atoms with Gasteiger partial charge in [-0.05, 0) is 6.07 Å². The second-order valence-corrected chi connectivity index (χ2v) is 3.56. The van der Waals surface area contributed by atoms with E-state index in [1.165, 1.54) is 7.05 Å². The Kier molecular flexibility index (Phi) is 2.47. The summed E-state index contributed by atoms with van der Waals surface area (Å²) in [5, 5.41) is 12.9. The summed E-state index contributed by atoms with van der Waals surface area (Å²) < 4.78 is 56.0. The number of halogens is 4. The predicted octanol–water partition coefficient (Wildman–Crippen LogP) is 2.77. The molecule has 0 aromatic heterocycles. The van der Waals surface area contributed by atoms with Crippen LogP contribution in [0.25, 0.3) is 0 Å². The van der Waals surface area contributed by atoms with Crippen LogP contribution in [-0.2, 0) is 17.0 Å². The highest BCUT2D eigenvalue weighted by molar-refractivity contribution is 5.66. The van der Waals surface area contributed by atoms with E-state index < -0.39 is 34.0 Å². The molecular weight excluding hydrogens is 260 g/mol. The number of benzene rings is 1. The number of anilines is 1. The van der Waals surface area contributed by atoms with Gasteiger partial charge in [0.1, 0.15) is 5.69 Å². The van der Waals surface area contributed by atoms with E-state index in [9.17, 15) is 27.7 Å². The highest BCUT2D eigenvalue weighted by atomic mass is 19.3. The minimum Gasteiger partial charge on any atom is -0.383 e. The van der Waals surface area contributed by atoms with Crippen LogP contribution >= 0.6 is 0 Å². The average Bonchev–Trinajstić information content (AvgIpc) is 2.42.